The molecule has 3 aromatic rings. The Balaban J connectivity index is 0.000000155. The summed E-state index contributed by atoms with van der Waals surface area (Å²) in [6, 6.07) is 10.7. The number of carbonyl (C=O) groups is 2. The van der Waals surface area contributed by atoms with Gasteiger partial charge in [-0.15, -0.1) is 0 Å². The number of halogens is 6. The van der Waals surface area contributed by atoms with Crippen LogP contribution in [0.1, 0.15) is 101 Å². The largest absolute Gasteiger partial charge is 0.443 e. The molecular weight excluding hydrogens is 684 g/mol. The van der Waals surface area contributed by atoms with Gasteiger partial charge in [-0.1, -0.05) is 6.08 Å². The van der Waals surface area contributed by atoms with E-state index in [0.29, 0.717) is 35.4 Å². The van der Waals surface area contributed by atoms with Gasteiger partial charge >= 0.3 is 6.09 Å². The second-order valence-corrected chi connectivity index (χ2v) is 13.7. The topological polar surface area (TPSA) is 71.0 Å². The molecule has 0 spiro atoms. The lowest BCUT2D eigenvalue weighted by atomic mass is 10.0. The fourth-order valence-electron chi connectivity index (χ4n) is 6.03. The molecule has 2 saturated heterocycles. The van der Waals surface area contributed by atoms with Crippen LogP contribution in [0.4, 0.5) is 31.1 Å². The van der Waals surface area contributed by atoms with Crippen molar-refractivity contribution in [3.8, 4) is 0 Å². The number of ether oxygens (including phenoxy) is 1. The summed E-state index contributed by atoms with van der Waals surface area (Å²) in [6.45, 7) is 7.46. The van der Waals surface area contributed by atoms with Gasteiger partial charge in [-0.05, 0) is 139 Å². The normalized spacial score (nSPS) is 18.0. The number of likely N-dealkylation sites (tertiary alicyclic amines) is 1. The van der Waals surface area contributed by atoms with Crippen molar-refractivity contribution < 1.29 is 40.7 Å². The number of allylic oxidation sites excluding steroid dienone is 2. The Morgan fingerprint density at radius 3 is 1.96 bits per heavy atom. The Morgan fingerprint density at radius 1 is 0.788 bits per heavy atom. The molecule has 3 aromatic carbocycles. The molecule has 2 amide bonds. The van der Waals surface area contributed by atoms with Crippen LogP contribution in [0, 0.1) is 34.9 Å². The second kappa shape index (κ2) is 18.9. The van der Waals surface area contributed by atoms with E-state index in [0.717, 1.165) is 94.3 Å². The maximum absolute atomic E-state index is 13.2. The standard InChI is InChI=1S/C11H10F2.C10H11F2N.C10H9F2N.C9H15NO3/c12-9-5-6-11(13)10(7-9)8-3-1-2-4-8;2*11-7-3-4-9(12)8(6-7)10-2-1-5-13-10;1-9(2,3)13-8(12)10-6-4-5-7(10)11/h3,5-7H,1-2,4H2;3-4,6,10,13H,1-2,5H2;3-4,6H,1-2,5H2;4-6H2,1-3H3. The monoisotopic (exact) mass is 729 g/mol. The van der Waals surface area contributed by atoms with Crippen LogP contribution in [-0.2, 0) is 9.53 Å². The highest BCUT2D eigenvalue weighted by Crippen LogP contribution is 2.30. The van der Waals surface area contributed by atoms with Crippen molar-refractivity contribution in [3.05, 3.63) is 112 Å². The number of amides is 2. The third kappa shape index (κ3) is 12.1. The number of nitrogens with zero attached hydrogens (tertiary/aromatic N) is 2. The Labute approximate surface area is 301 Å². The molecule has 7 rings (SSSR count). The minimum Gasteiger partial charge on any atom is -0.443 e. The van der Waals surface area contributed by atoms with Crippen molar-refractivity contribution in [2.75, 3.05) is 19.6 Å². The first-order chi connectivity index (χ1) is 24.7. The predicted molar refractivity (Wildman–Crippen MR) is 189 cm³/mol. The summed E-state index contributed by atoms with van der Waals surface area (Å²) in [7, 11) is 0. The number of imide groups is 1. The number of benzene rings is 3. The van der Waals surface area contributed by atoms with Crippen molar-refractivity contribution in [2.24, 2.45) is 4.99 Å². The van der Waals surface area contributed by atoms with E-state index in [-0.39, 0.29) is 41.0 Å². The minimum atomic E-state index is -0.528. The summed E-state index contributed by atoms with van der Waals surface area (Å²) in [5.41, 5.74) is 2.31. The van der Waals surface area contributed by atoms with Gasteiger partial charge in [0.25, 0.3) is 0 Å². The van der Waals surface area contributed by atoms with E-state index in [2.05, 4.69) is 10.3 Å². The molecule has 0 saturated carbocycles. The van der Waals surface area contributed by atoms with Crippen LogP contribution in [0.2, 0.25) is 0 Å². The molecule has 2 fully saturated rings. The van der Waals surface area contributed by atoms with Crippen LogP contribution in [0.25, 0.3) is 5.57 Å². The van der Waals surface area contributed by atoms with Gasteiger partial charge in [0.15, 0.2) is 0 Å². The highest BCUT2D eigenvalue weighted by atomic mass is 19.1. The first kappa shape index (κ1) is 40.3. The SMILES string of the molecule is CC(C)(C)OC(=O)N1CCCC1=O.Fc1ccc(F)c(C2=CCCC2)c1.Fc1ccc(F)c(C2=NCCC2)c1.Fc1ccc(F)c(C2CCCN2)c1. The zero-order valence-corrected chi connectivity index (χ0v) is 29.7. The van der Waals surface area contributed by atoms with Gasteiger partial charge in [0.2, 0.25) is 5.91 Å². The molecule has 1 N–H and O–H groups in total. The lowest BCUT2D eigenvalue weighted by molar-refractivity contribution is -0.126. The van der Waals surface area contributed by atoms with Gasteiger partial charge in [-0.25, -0.2) is 36.0 Å². The fourth-order valence-corrected chi connectivity index (χ4v) is 6.03. The number of hydrogen-bond donors (Lipinski definition) is 1. The van der Waals surface area contributed by atoms with Gasteiger partial charge < -0.3 is 10.1 Å². The van der Waals surface area contributed by atoms with E-state index >= 15 is 0 Å². The van der Waals surface area contributed by atoms with Crippen LogP contribution in [-0.4, -0.2) is 47.8 Å². The van der Waals surface area contributed by atoms with Crippen molar-refractivity contribution in [3.63, 3.8) is 0 Å². The second-order valence-electron chi connectivity index (χ2n) is 13.7. The zero-order valence-electron chi connectivity index (χ0n) is 29.7. The Morgan fingerprint density at radius 2 is 1.42 bits per heavy atom. The highest BCUT2D eigenvalue weighted by molar-refractivity contribution is 6.01. The molecule has 1 atom stereocenters. The molecule has 1 unspecified atom stereocenters. The summed E-state index contributed by atoms with van der Waals surface area (Å²) in [5, 5.41) is 3.13. The van der Waals surface area contributed by atoms with Crippen molar-refractivity contribution >= 4 is 23.3 Å². The van der Waals surface area contributed by atoms with Crippen LogP contribution >= 0.6 is 0 Å². The minimum absolute atomic E-state index is 0.00398. The smallest absolute Gasteiger partial charge is 0.417 e. The Kier molecular flexibility index (Phi) is 14.6. The lowest BCUT2D eigenvalue weighted by Crippen LogP contribution is -2.37. The molecule has 280 valence electrons. The van der Waals surface area contributed by atoms with Crippen LogP contribution in [0.3, 0.4) is 0 Å². The van der Waals surface area contributed by atoms with Gasteiger partial charge in [-0.3, -0.25) is 9.79 Å². The molecule has 4 aliphatic rings. The van der Waals surface area contributed by atoms with Crippen molar-refractivity contribution in [1.29, 1.82) is 0 Å². The van der Waals surface area contributed by atoms with E-state index < -0.39 is 17.5 Å². The highest BCUT2D eigenvalue weighted by Gasteiger charge is 2.30. The molecule has 3 aliphatic heterocycles. The third-order valence-corrected chi connectivity index (χ3v) is 8.51. The van der Waals surface area contributed by atoms with Gasteiger partial charge in [0, 0.05) is 48.0 Å². The van der Waals surface area contributed by atoms with Crippen LogP contribution in [0.5, 0.6) is 0 Å². The molecule has 0 bridgehead atoms. The predicted octanol–water partition coefficient (Wildman–Crippen LogP) is 10.0. The van der Waals surface area contributed by atoms with Gasteiger partial charge in [-0.2, -0.15) is 0 Å². The van der Waals surface area contributed by atoms with Crippen LogP contribution in [0.15, 0.2) is 65.7 Å². The summed E-state index contributed by atoms with van der Waals surface area (Å²) >= 11 is 0. The summed E-state index contributed by atoms with van der Waals surface area (Å²) in [4.78, 5) is 27.8. The molecule has 6 nitrogen and oxygen atoms in total. The summed E-state index contributed by atoms with van der Waals surface area (Å²) < 4.78 is 83.1. The maximum Gasteiger partial charge on any atom is 0.417 e. The first-order valence-electron chi connectivity index (χ1n) is 17.6. The number of nitrogens with one attached hydrogen (secondary N) is 1. The van der Waals surface area contributed by atoms with E-state index in [9.17, 15) is 35.9 Å². The van der Waals surface area contributed by atoms with Crippen molar-refractivity contribution in [1.82, 2.24) is 10.2 Å². The maximum atomic E-state index is 13.2. The Hall–Kier alpha value is -4.45. The average Bonchev–Trinajstić information content (AvgIpc) is 3.94. The van der Waals surface area contributed by atoms with E-state index in [1.54, 1.807) is 20.8 Å². The van der Waals surface area contributed by atoms with Crippen LogP contribution < -0.4 is 5.32 Å². The summed E-state index contributed by atoms with van der Waals surface area (Å²) in [5.74, 6) is -2.31. The molecule has 1 aliphatic carbocycles. The molecule has 0 aromatic heterocycles. The fraction of sp³-hybridized carbons (Fsp3) is 0.425. The Bertz CT molecular complexity index is 1690. The number of carbonyl (C=O) groups excluding carboxylic acids is 2. The third-order valence-electron chi connectivity index (χ3n) is 8.51. The van der Waals surface area contributed by atoms with Gasteiger partial charge in [0.05, 0.1) is 0 Å². The van der Waals surface area contributed by atoms with E-state index in [1.807, 2.05) is 6.08 Å². The molecule has 0 radical (unpaired) electrons. The first-order valence-corrected chi connectivity index (χ1v) is 17.6. The molecule has 3 heterocycles. The molecule has 52 heavy (non-hydrogen) atoms. The van der Waals surface area contributed by atoms with E-state index in [4.69, 9.17) is 4.74 Å². The van der Waals surface area contributed by atoms with E-state index in [1.165, 1.54) is 35.2 Å². The quantitative estimate of drug-likeness (QED) is 0.273. The number of hydrogen-bond acceptors (Lipinski definition) is 5. The lowest BCUT2D eigenvalue weighted by Gasteiger charge is -2.23. The average molecular weight is 730 g/mol. The number of aliphatic imine (C=N–C) groups is 1. The summed E-state index contributed by atoms with van der Waals surface area (Å²) in [6.07, 6.45) is 9.16. The number of rotatable bonds is 3. The van der Waals surface area contributed by atoms with Crippen molar-refractivity contribution in [2.45, 2.75) is 90.2 Å². The zero-order chi connectivity index (χ0) is 37.8. The molecule has 12 heteroatoms. The van der Waals surface area contributed by atoms with Gasteiger partial charge in [0.1, 0.15) is 40.5 Å². The molecular formula is C40H45F6N3O3.